The number of benzene rings is 1. The van der Waals surface area contributed by atoms with Crippen LogP contribution in [0.15, 0.2) is 30.5 Å². The molecule has 0 aliphatic carbocycles. The molecule has 1 N–H and O–H groups in total. The molecule has 8 heteroatoms. The highest BCUT2D eigenvalue weighted by atomic mass is 16.6. The number of nitro groups is 1. The molecule has 0 unspecified atom stereocenters. The number of hydrogen-bond donors (Lipinski definition) is 1. The van der Waals surface area contributed by atoms with Crippen LogP contribution in [0.1, 0.15) is 16.1 Å². The molecule has 8 nitrogen and oxygen atoms in total. The van der Waals surface area contributed by atoms with Gasteiger partial charge in [-0.15, -0.1) is 5.10 Å². The van der Waals surface area contributed by atoms with Crippen LogP contribution in [0.25, 0.3) is 0 Å². The number of carboxylic acid groups (broad SMARTS) is 1. The fourth-order valence-corrected chi connectivity index (χ4v) is 1.38. The van der Waals surface area contributed by atoms with Crippen LogP contribution in [0, 0.1) is 10.1 Å². The molecular formula is C10H8N4O4. The van der Waals surface area contributed by atoms with Crippen LogP contribution in [-0.4, -0.2) is 31.0 Å². The van der Waals surface area contributed by atoms with Crippen molar-refractivity contribution in [2.75, 3.05) is 0 Å². The van der Waals surface area contributed by atoms with Crippen LogP contribution < -0.4 is 0 Å². The van der Waals surface area contributed by atoms with E-state index in [1.807, 2.05) is 0 Å². The molecule has 0 saturated carbocycles. The normalized spacial score (nSPS) is 10.2. The third-order valence-corrected chi connectivity index (χ3v) is 2.25. The maximum atomic E-state index is 10.6. The molecule has 1 aromatic heterocycles. The molecule has 0 spiro atoms. The Hall–Kier alpha value is -2.77. The van der Waals surface area contributed by atoms with E-state index in [0.29, 0.717) is 6.54 Å². The summed E-state index contributed by atoms with van der Waals surface area (Å²) in [5.41, 5.74) is 0.628. The predicted molar refractivity (Wildman–Crippen MR) is 59.2 cm³/mol. The Morgan fingerprint density at radius 2 is 2.06 bits per heavy atom. The lowest BCUT2D eigenvalue weighted by atomic mass is 10.2. The van der Waals surface area contributed by atoms with E-state index < -0.39 is 10.9 Å². The number of non-ortho nitro benzene ring substituents is 1. The van der Waals surface area contributed by atoms with E-state index in [0.717, 1.165) is 5.56 Å². The van der Waals surface area contributed by atoms with Crippen molar-refractivity contribution in [2.24, 2.45) is 0 Å². The first-order chi connectivity index (χ1) is 8.56. The number of carboxylic acids is 1. The van der Waals surface area contributed by atoms with Gasteiger partial charge in [-0.25, -0.2) is 9.48 Å². The third-order valence-electron chi connectivity index (χ3n) is 2.25. The Morgan fingerprint density at radius 3 is 2.56 bits per heavy atom. The molecular weight excluding hydrogens is 240 g/mol. The number of aromatic nitrogens is 3. The fraction of sp³-hybridized carbons (Fsp3) is 0.100. The van der Waals surface area contributed by atoms with Gasteiger partial charge in [0.15, 0.2) is 5.69 Å². The highest BCUT2D eigenvalue weighted by molar-refractivity contribution is 5.84. The molecule has 18 heavy (non-hydrogen) atoms. The highest BCUT2D eigenvalue weighted by Crippen LogP contribution is 2.12. The summed E-state index contributed by atoms with van der Waals surface area (Å²) in [4.78, 5) is 20.6. The number of carbonyl (C=O) groups is 1. The Labute approximate surface area is 101 Å². The first kappa shape index (κ1) is 11.7. The predicted octanol–water partition coefficient (Wildman–Crippen LogP) is 0.933. The monoisotopic (exact) mass is 248 g/mol. The molecule has 0 atom stereocenters. The largest absolute Gasteiger partial charge is 0.476 e. The zero-order valence-corrected chi connectivity index (χ0v) is 9.05. The van der Waals surface area contributed by atoms with Crippen LogP contribution in [0.3, 0.4) is 0 Å². The minimum absolute atomic E-state index is 0.00330. The average molecular weight is 248 g/mol. The molecule has 2 rings (SSSR count). The van der Waals surface area contributed by atoms with Crippen LogP contribution in [0.4, 0.5) is 5.69 Å². The summed E-state index contributed by atoms with van der Waals surface area (Å²) in [7, 11) is 0. The van der Waals surface area contributed by atoms with Gasteiger partial charge >= 0.3 is 5.97 Å². The van der Waals surface area contributed by atoms with Gasteiger partial charge in [0, 0.05) is 12.1 Å². The maximum Gasteiger partial charge on any atom is 0.358 e. The second-order valence-electron chi connectivity index (χ2n) is 3.53. The zero-order valence-electron chi connectivity index (χ0n) is 9.05. The molecule has 1 aromatic carbocycles. The maximum absolute atomic E-state index is 10.6. The topological polar surface area (TPSA) is 111 Å². The molecule has 0 aliphatic rings. The van der Waals surface area contributed by atoms with Crippen LogP contribution >= 0.6 is 0 Å². The first-order valence-electron chi connectivity index (χ1n) is 4.93. The number of nitrogens with zero attached hydrogens (tertiary/aromatic N) is 4. The highest BCUT2D eigenvalue weighted by Gasteiger charge is 2.09. The van der Waals surface area contributed by atoms with Crippen molar-refractivity contribution >= 4 is 11.7 Å². The summed E-state index contributed by atoms with van der Waals surface area (Å²) in [6.45, 7) is 0.304. The number of hydrogen-bond acceptors (Lipinski definition) is 5. The van der Waals surface area contributed by atoms with Crippen molar-refractivity contribution in [3.63, 3.8) is 0 Å². The van der Waals surface area contributed by atoms with E-state index in [4.69, 9.17) is 5.11 Å². The van der Waals surface area contributed by atoms with E-state index in [1.165, 1.54) is 23.0 Å². The Morgan fingerprint density at radius 1 is 1.39 bits per heavy atom. The SMILES string of the molecule is O=C(O)c1cn(Cc2ccc([N+](=O)[O-])cc2)nn1. The van der Waals surface area contributed by atoms with Crippen molar-refractivity contribution in [3.05, 3.63) is 51.8 Å². The van der Waals surface area contributed by atoms with E-state index in [-0.39, 0.29) is 11.4 Å². The molecule has 0 saturated heterocycles. The Bertz CT molecular complexity index is 590. The van der Waals surface area contributed by atoms with Crippen molar-refractivity contribution in [2.45, 2.75) is 6.54 Å². The molecule has 2 aromatic rings. The Balaban J connectivity index is 2.13. The molecule has 0 radical (unpaired) electrons. The minimum atomic E-state index is -1.15. The lowest BCUT2D eigenvalue weighted by molar-refractivity contribution is -0.384. The number of aromatic carboxylic acids is 1. The van der Waals surface area contributed by atoms with Crippen molar-refractivity contribution in [1.82, 2.24) is 15.0 Å². The molecule has 0 aliphatic heterocycles. The summed E-state index contributed by atoms with van der Waals surface area (Å²) in [5, 5.41) is 26.2. The Kier molecular flexibility index (Phi) is 3.00. The number of rotatable bonds is 4. The lowest BCUT2D eigenvalue weighted by Gasteiger charge is -1.99. The molecule has 92 valence electrons. The second-order valence-corrected chi connectivity index (χ2v) is 3.53. The smallest absolute Gasteiger partial charge is 0.358 e. The van der Waals surface area contributed by atoms with Gasteiger partial charge in [0.25, 0.3) is 5.69 Å². The van der Waals surface area contributed by atoms with Gasteiger partial charge < -0.3 is 5.11 Å². The fourth-order valence-electron chi connectivity index (χ4n) is 1.38. The minimum Gasteiger partial charge on any atom is -0.476 e. The van der Waals surface area contributed by atoms with Crippen molar-refractivity contribution in [3.8, 4) is 0 Å². The van der Waals surface area contributed by atoms with Gasteiger partial charge in [0.2, 0.25) is 0 Å². The van der Waals surface area contributed by atoms with Crippen molar-refractivity contribution < 1.29 is 14.8 Å². The average Bonchev–Trinajstić information content (AvgIpc) is 2.78. The standard InChI is InChI=1S/C10H8N4O4/c15-10(16)9-6-13(12-11-9)5-7-1-3-8(4-2-7)14(17)18/h1-4,6H,5H2,(H,15,16). The first-order valence-corrected chi connectivity index (χ1v) is 4.93. The zero-order chi connectivity index (χ0) is 13.1. The molecule has 0 fully saturated rings. The summed E-state index contributed by atoms with van der Waals surface area (Å²) >= 11 is 0. The van der Waals surface area contributed by atoms with Gasteiger partial charge in [-0.3, -0.25) is 10.1 Å². The van der Waals surface area contributed by atoms with Gasteiger partial charge in [-0.1, -0.05) is 17.3 Å². The van der Waals surface area contributed by atoms with Gasteiger partial charge in [0.1, 0.15) is 0 Å². The van der Waals surface area contributed by atoms with Crippen LogP contribution in [-0.2, 0) is 6.54 Å². The summed E-state index contributed by atoms with van der Waals surface area (Å²) < 4.78 is 1.35. The second kappa shape index (κ2) is 4.62. The third kappa shape index (κ3) is 2.48. The van der Waals surface area contributed by atoms with Crippen LogP contribution in [0.2, 0.25) is 0 Å². The van der Waals surface area contributed by atoms with Gasteiger partial charge in [-0.05, 0) is 5.56 Å². The van der Waals surface area contributed by atoms with E-state index in [1.54, 1.807) is 12.1 Å². The van der Waals surface area contributed by atoms with Crippen LogP contribution in [0.5, 0.6) is 0 Å². The molecule has 0 amide bonds. The van der Waals surface area contributed by atoms with Gasteiger partial charge in [0.05, 0.1) is 17.7 Å². The molecule has 1 heterocycles. The summed E-state index contributed by atoms with van der Waals surface area (Å²) in [6, 6.07) is 5.93. The summed E-state index contributed by atoms with van der Waals surface area (Å²) in [6.07, 6.45) is 1.30. The van der Waals surface area contributed by atoms with Crippen molar-refractivity contribution in [1.29, 1.82) is 0 Å². The molecule has 0 bridgehead atoms. The lowest BCUT2D eigenvalue weighted by Crippen LogP contribution is -2.00. The number of nitro benzene ring substituents is 1. The summed E-state index contributed by atoms with van der Waals surface area (Å²) in [5.74, 6) is -1.15. The van der Waals surface area contributed by atoms with E-state index in [9.17, 15) is 14.9 Å². The van der Waals surface area contributed by atoms with Gasteiger partial charge in [-0.2, -0.15) is 0 Å². The quantitative estimate of drug-likeness (QED) is 0.636. The van der Waals surface area contributed by atoms with E-state index >= 15 is 0 Å². The van der Waals surface area contributed by atoms with E-state index in [2.05, 4.69) is 10.3 Å².